The summed E-state index contributed by atoms with van der Waals surface area (Å²) in [6.45, 7) is 5.89. The number of nitrogens with zero attached hydrogens (tertiary/aromatic N) is 4. The standard InChI is InChI=1S/C21H31Cl2N3O.C14H19Cl2N3O/c22-18-14-25-15-19(23)21(18)26-11-8-17(9-12-26)20(27)7-4-10-24-13-16-5-2-1-3-6-16;15-11-8-18-9-12(16)14(11)19-6-3-10(4-7-19)13(20)2-1-5-17/h14-17,24H,1-13H2;8-10H,1-7,17H2. The van der Waals surface area contributed by atoms with Gasteiger partial charge in [0, 0.05) is 75.6 Å². The Balaban J connectivity index is 0.000000223. The minimum Gasteiger partial charge on any atom is -0.369 e. The number of hydrogen-bond acceptors (Lipinski definition) is 8. The summed E-state index contributed by atoms with van der Waals surface area (Å²) in [6, 6.07) is 0. The summed E-state index contributed by atoms with van der Waals surface area (Å²) in [5.74, 6) is 1.94. The van der Waals surface area contributed by atoms with E-state index in [0.29, 0.717) is 51.0 Å². The third-order valence-corrected chi connectivity index (χ3v) is 10.9. The average Bonchev–Trinajstić information content (AvgIpc) is 3.08. The van der Waals surface area contributed by atoms with Gasteiger partial charge in [-0.25, -0.2) is 0 Å². The number of pyridine rings is 2. The largest absolute Gasteiger partial charge is 0.369 e. The van der Waals surface area contributed by atoms with Gasteiger partial charge in [-0.1, -0.05) is 65.7 Å². The van der Waals surface area contributed by atoms with Crippen molar-refractivity contribution in [2.24, 2.45) is 23.5 Å². The monoisotopic (exact) mass is 726 g/mol. The van der Waals surface area contributed by atoms with Crippen LogP contribution in [0.5, 0.6) is 0 Å². The van der Waals surface area contributed by atoms with E-state index in [9.17, 15) is 9.59 Å². The summed E-state index contributed by atoms with van der Waals surface area (Å²) in [6.07, 6.45) is 19.8. The van der Waals surface area contributed by atoms with Crippen molar-refractivity contribution in [3.05, 3.63) is 44.9 Å². The van der Waals surface area contributed by atoms with E-state index in [4.69, 9.17) is 52.1 Å². The minimum absolute atomic E-state index is 0.150. The maximum atomic E-state index is 12.5. The van der Waals surface area contributed by atoms with Crippen molar-refractivity contribution in [1.29, 1.82) is 0 Å². The molecule has 0 atom stereocenters. The van der Waals surface area contributed by atoms with Gasteiger partial charge in [-0.3, -0.25) is 19.6 Å². The number of hydrogen-bond donors (Lipinski definition) is 2. The number of carbonyl (C=O) groups is 2. The predicted octanol–water partition coefficient (Wildman–Crippen LogP) is 8.04. The SMILES string of the molecule is NCCCC(=O)C1CCN(c2c(Cl)cncc2Cl)CC1.O=C(CCCNCC1CCCCC1)C1CCN(c2c(Cl)cncc2Cl)CC1. The van der Waals surface area contributed by atoms with Crippen molar-refractivity contribution in [2.75, 3.05) is 55.6 Å². The summed E-state index contributed by atoms with van der Waals surface area (Å²) in [5.41, 5.74) is 7.12. The second-order valence-electron chi connectivity index (χ2n) is 13.1. The Kier molecular flexibility index (Phi) is 16.3. The zero-order valence-electron chi connectivity index (χ0n) is 27.4. The zero-order chi connectivity index (χ0) is 33.6. The van der Waals surface area contributed by atoms with Gasteiger partial charge in [-0.15, -0.1) is 0 Å². The highest BCUT2D eigenvalue weighted by atomic mass is 35.5. The van der Waals surface area contributed by atoms with Crippen LogP contribution in [0.3, 0.4) is 0 Å². The minimum atomic E-state index is 0.150. The van der Waals surface area contributed by atoms with Gasteiger partial charge in [0.05, 0.1) is 31.5 Å². The molecule has 2 aliphatic heterocycles. The first-order chi connectivity index (χ1) is 22.8. The first-order valence-corrected chi connectivity index (χ1v) is 18.8. The number of carbonyl (C=O) groups excluding carboxylic acids is 2. The quantitative estimate of drug-likeness (QED) is 0.200. The first-order valence-electron chi connectivity index (χ1n) is 17.3. The third kappa shape index (κ3) is 11.7. The zero-order valence-corrected chi connectivity index (χ0v) is 30.4. The van der Waals surface area contributed by atoms with Crippen molar-refractivity contribution in [3.63, 3.8) is 0 Å². The molecule has 260 valence electrons. The highest BCUT2D eigenvalue weighted by Crippen LogP contribution is 2.36. The third-order valence-electron chi connectivity index (χ3n) is 9.75. The van der Waals surface area contributed by atoms with Gasteiger partial charge in [0.25, 0.3) is 0 Å². The number of nitrogens with one attached hydrogen (secondary N) is 1. The number of piperidine rings is 2. The molecule has 0 spiro atoms. The lowest BCUT2D eigenvalue weighted by atomic mass is 9.89. The van der Waals surface area contributed by atoms with E-state index in [1.54, 1.807) is 24.8 Å². The van der Waals surface area contributed by atoms with Crippen LogP contribution in [-0.4, -0.2) is 67.3 Å². The molecule has 1 saturated carbocycles. The Morgan fingerprint density at radius 2 is 1.11 bits per heavy atom. The van der Waals surface area contributed by atoms with Crippen LogP contribution in [0.2, 0.25) is 20.1 Å². The van der Waals surface area contributed by atoms with Gasteiger partial charge >= 0.3 is 0 Å². The first kappa shape index (κ1) is 38.1. The fourth-order valence-electron chi connectivity index (χ4n) is 7.03. The summed E-state index contributed by atoms with van der Waals surface area (Å²) < 4.78 is 0. The molecule has 0 radical (unpaired) electrons. The topological polar surface area (TPSA) is 104 Å². The molecule has 3 fully saturated rings. The Morgan fingerprint density at radius 3 is 1.53 bits per heavy atom. The molecule has 3 N–H and O–H groups in total. The van der Waals surface area contributed by atoms with Crippen molar-refractivity contribution in [3.8, 4) is 0 Å². The number of rotatable bonds is 13. The van der Waals surface area contributed by atoms with Gasteiger partial charge in [0.2, 0.25) is 0 Å². The number of anilines is 2. The molecule has 2 aromatic rings. The molecule has 5 rings (SSSR count). The molecule has 0 unspecified atom stereocenters. The fraction of sp³-hybridized carbons (Fsp3) is 0.657. The van der Waals surface area contributed by atoms with E-state index in [1.807, 2.05) is 0 Å². The van der Waals surface area contributed by atoms with E-state index in [-0.39, 0.29) is 11.8 Å². The molecule has 0 amide bonds. The predicted molar refractivity (Wildman–Crippen MR) is 195 cm³/mol. The average molecular weight is 729 g/mol. The van der Waals surface area contributed by atoms with Gasteiger partial charge in [-0.2, -0.15) is 0 Å². The molecule has 2 aromatic heterocycles. The Labute approximate surface area is 300 Å². The maximum absolute atomic E-state index is 12.5. The fourth-order valence-corrected chi connectivity index (χ4v) is 8.24. The van der Waals surface area contributed by atoms with E-state index in [2.05, 4.69) is 25.1 Å². The summed E-state index contributed by atoms with van der Waals surface area (Å²) in [4.78, 5) is 36.8. The molecule has 2 saturated heterocycles. The van der Waals surface area contributed by atoms with Crippen LogP contribution >= 0.6 is 46.4 Å². The molecule has 1 aliphatic carbocycles. The molecule has 4 heterocycles. The van der Waals surface area contributed by atoms with E-state index >= 15 is 0 Å². The number of nitrogens with two attached hydrogens (primary N) is 1. The summed E-state index contributed by atoms with van der Waals surface area (Å²) in [5, 5.41) is 5.84. The van der Waals surface area contributed by atoms with E-state index < -0.39 is 0 Å². The lowest BCUT2D eigenvalue weighted by Gasteiger charge is -2.34. The van der Waals surface area contributed by atoms with E-state index in [1.165, 1.54) is 32.1 Å². The highest BCUT2D eigenvalue weighted by Gasteiger charge is 2.28. The Bertz CT molecular complexity index is 1240. The van der Waals surface area contributed by atoms with Crippen molar-refractivity contribution >= 4 is 69.3 Å². The lowest BCUT2D eigenvalue weighted by Crippen LogP contribution is -2.37. The molecule has 3 aliphatic rings. The lowest BCUT2D eigenvalue weighted by molar-refractivity contribution is -0.124. The van der Waals surface area contributed by atoms with Gasteiger partial charge in [0.15, 0.2) is 0 Å². The Hall–Kier alpha value is -1.68. The smallest absolute Gasteiger partial charge is 0.136 e. The van der Waals surface area contributed by atoms with Crippen LogP contribution in [0.15, 0.2) is 24.8 Å². The van der Waals surface area contributed by atoms with Gasteiger partial charge < -0.3 is 20.9 Å². The van der Waals surface area contributed by atoms with Crippen LogP contribution in [-0.2, 0) is 9.59 Å². The van der Waals surface area contributed by atoms with Crippen molar-refractivity contribution in [1.82, 2.24) is 15.3 Å². The van der Waals surface area contributed by atoms with Gasteiger partial charge in [-0.05, 0) is 76.9 Å². The van der Waals surface area contributed by atoms with Crippen LogP contribution in [0.25, 0.3) is 0 Å². The number of ketones is 2. The maximum Gasteiger partial charge on any atom is 0.136 e. The summed E-state index contributed by atoms with van der Waals surface area (Å²) in [7, 11) is 0. The molecule has 12 heteroatoms. The van der Waals surface area contributed by atoms with Crippen LogP contribution in [0, 0.1) is 17.8 Å². The second kappa shape index (κ2) is 20.1. The number of halogens is 4. The van der Waals surface area contributed by atoms with Crippen LogP contribution in [0.1, 0.15) is 83.5 Å². The van der Waals surface area contributed by atoms with Crippen molar-refractivity contribution in [2.45, 2.75) is 83.5 Å². The Morgan fingerprint density at radius 1 is 0.681 bits per heavy atom. The van der Waals surface area contributed by atoms with Crippen LogP contribution in [0.4, 0.5) is 11.4 Å². The van der Waals surface area contributed by atoms with E-state index in [0.717, 1.165) is 95.1 Å². The number of Topliss-reactive ketones (excluding diaryl/α,β-unsaturated/α-hetero) is 2. The molecular weight excluding hydrogens is 678 g/mol. The van der Waals surface area contributed by atoms with Crippen molar-refractivity contribution < 1.29 is 9.59 Å². The normalized spacial score (nSPS) is 18.1. The molecule has 0 aromatic carbocycles. The van der Waals surface area contributed by atoms with Crippen LogP contribution < -0.4 is 20.9 Å². The number of aromatic nitrogens is 2. The van der Waals surface area contributed by atoms with Gasteiger partial charge in [0.1, 0.15) is 11.6 Å². The molecular formula is C35H50Cl4N6O2. The molecule has 8 nitrogen and oxygen atoms in total. The molecule has 0 bridgehead atoms. The molecule has 47 heavy (non-hydrogen) atoms. The highest BCUT2D eigenvalue weighted by molar-refractivity contribution is 6.39. The summed E-state index contributed by atoms with van der Waals surface area (Å²) >= 11 is 24.8. The second-order valence-corrected chi connectivity index (χ2v) is 14.7.